The summed E-state index contributed by atoms with van der Waals surface area (Å²) in [5.74, 6) is 2.02. The first kappa shape index (κ1) is 21.8. The largest absolute Gasteiger partial charge is 0.490 e. The number of aryl methyl sites for hydroxylation is 1. The maximum atomic E-state index is 12.3. The molecular formula is C24H33NO3. The third-order valence-electron chi connectivity index (χ3n) is 4.57. The van der Waals surface area contributed by atoms with Crippen LogP contribution in [0, 0.1) is 0 Å². The fourth-order valence-corrected chi connectivity index (χ4v) is 2.85. The van der Waals surface area contributed by atoms with Crippen LogP contribution < -0.4 is 14.8 Å². The Hall–Kier alpha value is -2.49. The minimum Gasteiger partial charge on any atom is -0.490 e. The first-order chi connectivity index (χ1) is 13.5. The van der Waals surface area contributed by atoms with Crippen molar-refractivity contribution in [1.29, 1.82) is 0 Å². The minimum absolute atomic E-state index is 0.0125. The molecular weight excluding hydrogens is 350 g/mol. The molecule has 0 atom stereocenters. The second-order valence-electron chi connectivity index (χ2n) is 7.24. The highest BCUT2D eigenvalue weighted by Crippen LogP contribution is 2.29. The molecule has 1 amide bonds. The third kappa shape index (κ3) is 6.91. The Morgan fingerprint density at radius 3 is 2.39 bits per heavy atom. The van der Waals surface area contributed by atoms with Gasteiger partial charge in [0.05, 0.1) is 13.2 Å². The molecule has 152 valence electrons. The standard InChI is InChI=1S/C24H33NO3/c1-5-7-16-28-22-14-8-19(17-23(22)27-6-2)9-15-24(26)25-21-12-10-20(11-13-21)18(3)4/h8,10-14,17-18H,5-7,9,15-16H2,1-4H3,(H,25,26). The van der Waals surface area contributed by atoms with Gasteiger partial charge in [-0.05, 0) is 61.1 Å². The zero-order valence-electron chi connectivity index (χ0n) is 17.6. The van der Waals surface area contributed by atoms with Crippen molar-refractivity contribution in [3.63, 3.8) is 0 Å². The smallest absolute Gasteiger partial charge is 0.224 e. The van der Waals surface area contributed by atoms with E-state index in [2.05, 4.69) is 38.2 Å². The van der Waals surface area contributed by atoms with Crippen molar-refractivity contribution < 1.29 is 14.3 Å². The molecule has 0 saturated carbocycles. The van der Waals surface area contributed by atoms with E-state index >= 15 is 0 Å². The first-order valence-corrected chi connectivity index (χ1v) is 10.3. The lowest BCUT2D eigenvalue weighted by Gasteiger charge is -2.13. The van der Waals surface area contributed by atoms with Gasteiger partial charge in [0.15, 0.2) is 11.5 Å². The van der Waals surface area contributed by atoms with Crippen LogP contribution in [-0.4, -0.2) is 19.1 Å². The van der Waals surface area contributed by atoms with Crippen LogP contribution in [0.1, 0.15) is 64.0 Å². The lowest BCUT2D eigenvalue weighted by Crippen LogP contribution is -2.12. The number of hydrogen-bond acceptors (Lipinski definition) is 3. The molecule has 0 saturated heterocycles. The van der Waals surface area contributed by atoms with E-state index in [-0.39, 0.29) is 5.91 Å². The number of hydrogen-bond donors (Lipinski definition) is 1. The zero-order chi connectivity index (χ0) is 20.4. The van der Waals surface area contributed by atoms with Crippen LogP contribution in [0.2, 0.25) is 0 Å². The van der Waals surface area contributed by atoms with Crippen LogP contribution in [0.4, 0.5) is 5.69 Å². The summed E-state index contributed by atoms with van der Waals surface area (Å²) in [6.45, 7) is 9.68. The van der Waals surface area contributed by atoms with Crippen LogP contribution in [-0.2, 0) is 11.2 Å². The van der Waals surface area contributed by atoms with Crippen LogP contribution in [0.15, 0.2) is 42.5 Å². The van der Waals surface area contributed by atoms with E-state index < -0.39 is 0 Å². The molecule has 2 aromatic carbocycles. The molecule has 0 spiro atoms. The molecule has 0 aliphatic carbocycles. The molecule has 0 aromatic heterocycles. The van der Waals surface area contributed by atoms with Crippen LogP contribution in [0.5, 0.6) is 11.5 Å². The lowest BCUT2D eigenvalue weighted by molar-refractivity contribution is -0.116. The van der Waals surface area contributed by atoms with Crippen molar-refractivity contribution in [2.75, 3.05) is 18.5 Å². The van der Waals surface area contributed by atoms with Crippen LogP contribution >= 0.6 is 0 Å². The Bertz CT molecular complexity index is 738. The van der Waals surface area contributed by atoms with Crippen molar-refractivity contribution in [3.05, 3.63) is 53.6 Å². The molecule has 0 bridgehead atoms. The fourth-order valence-electron chi connectivity index (χ4n) is 2.85. The van der Waals surface area contributed by atoms with Gasteiger partial charge in [-0.3, -0.25) is 4.79 Å². The first-order valence-electron chi connectivity index (χ1n) is 10.3. The Morgan fingerprint density at radius 1 is 1.00 bits per heavy atom. The normalized spacial score (nSPS) is 10.8. The maximum absolute atomic E-state index is 12.3. The van der Waals surface area contributed by atoms with E-state index in [1.54, 1.807) is 0 Å². The highest BCUT2D eigenvalue weighted by molar-refractivity contribution is 5.90. The van der Waals surface area contributed by atoms with Gasteiger partial charge >= 0.3 is 0 Å². The highest BCUT2D eigenvalue weighted by Gasteiger charge is 2.09. The van der Waals surface area contributed by atoms with Gasteiger partial charge in [0.1, 0.15) is 0 Å². The predicted molar refractivity (Wildman–Crippen MR) is 115 cm³/mol. The Kier molecular flexibility index (Phi) is 8.86. The molecule has 0 aliphatic heterocycles. The molecule has 4 nitrogen and oxygen atoms in total. The second-order valence-corrected chi connectivity index (χ2v) is 7.24. The molecule has 0 heterocycles. The highest BCUT2D eigenvalue weighted by atomic mass is 16.5. The van der Waals surface area contributed by atoms with Crippen LogP contribution in [0.25, 0.3) is 0 Å². The number of nitrogens with one attached hydrogen (secondary N) is 1. The monoisotopic (exact) mass is 383 g/mol. The minimum atomic E-state index is 0.0125. The van der Waals surface area contributed by atoms with Crippen molar-refractivity contribution in [3.8, 4) is 11.5 Å². The van der Waals surface area contributed by atoms with E-state index in [1.807, 2.05) is 37.3 Å². The maximum Gasteiger partial charge on any atom is 0.224 e. The predicted octanol–water partition coefficient (Wildman–Crippen LogP) is 5.96. The van der Waals surface area contributed by atoms with Gasteiger partial charge in [-0.2, -0.15) is 0 Å². The molecule has 0 aliphatic rings. The summed E-state index contributed by atoms with van der Waals surface area (Å²) in [4.78, 5) is 12.3. The molecule has 1 N–H and O–H groups in total. The number of carbonyl (C=O) groups is 1. The molecule has 0 fully saturated rings. The van der Waals surface area contributed by atoms with Gasteiger partial charge in [0.2, 0.25) is 5.91 Å². The number of carbonyl (C=O) groups excluding carboxylic acids is 1. The Morgan fingerprint density at radius 2 is 1.75 bits per heavy atom. The number of anilines is 1. The molecule has 2 rings (SSSR count). The molecule has 0 radical (unpaired) electrons. The number of unbranched alkanes of at least 4 members (excludes halogenated alkanes) is 1. The summed E-state index contributed by atoms with van der Waals surface area (Å²) in [6, 6.07) is 14.0. The Labute approximate surface area is 169 Å². The summed E-state index contributed by atoms with van der Waals surface area (Å²) in [6.07, 6.45) is 3.20. The average molecular weight is 384 g/mol. The molecule has 4 heteroatoms. The third-order valence-corrected chi connectivity index (χ3v) is 4.57. The topological polar surface area (TPSA) is 47.6 Å². The SMILES string of the molecule is CCCCOc1ccc(CCC(=O)Nc2ccc(C(C)C)cc2)cc1OCC. The van der Waals surface area contributed by atoms with Gasteiger partial charge in [-0.15, -0.1) is 0 Å². The fraction of sp³-hybridized carbons (Fsp3) is 0.458. The van der Waals surface area contributed by atoms with Crippen molar-refractivity contribution in [2.24, 2.45) is 0 Å². The average Bonchev–Trinajstić information content (AvgIpc) is 2.68. The zero-order valence-corrected chi connectivity index (χ0v) is 17.6. The lowest BCUT2D eigenvalue weighted by atomic mass is 10.0. The quantitative estimate of drug-likeness (QED) is 0.487. The summed E-state index contributed by atoms with van der Waals surface area (Å²) in [5.41, 5.74) is 3.17. The molecule has 2 aromatic rings. The summed E-state index contributed by atoms with van der Waals surface area (Å²) in [5, 5.41) is 2.97. The summed E-state index contributed by atoms with van der Waals surface area (Å²) >= 11 is 0. The van der Waals surface area contributed by atoms with Crippen molar-refractivity contribution >= 4 is 11.6 Å². The van der Waals surface area contributed by atoms with Crippen molar-refractivity contribution in [1.82, 2.24) is 0 Å². The number of rotatable bonds is 11. The van der Waals surface area contributed by atoms with E-state index in [4.69, 9.17) is 9.47 Å². The van der Waals surface area contributed by atoms with E-state index in [0.29, 0.717) is 32.0 Å². The molecule has 28 heavy (non-hydrogen) atoms. The Balaban J connectivity index is 1.91. The summed E-state index contributed by atoms with van der Waals surface area (Å²) in [7, 11) is 0. The van der Waals surface area contributed by atoms with Gasteiger partial charge in [0, 0.05) is 12.1 Å². The van der Waals surface area contributed by atoms with E-state index in [0.717, 1.165) is 35.6 Å². The van der Waals surface area contributed by atoms with Crippen molar-refractivity contribution in [2.45, 2.75) is 59.3 Å². The van der Waals surface area contributed by atoms with E-state index in [1.165, 1.54) is 5.56 Å². The van der Waals surface area contributed by atoms with Gasteiger partial charge in [0.25, 0.3) is 0 Å². The molecule has 0 unspecified atom stereocenters. The van der Waals surface area contributed by atoms with E-state index in [9.17, 15) is 4.79 Å². The van der Waals surface area contributed by atoms with Crippen LogP contribution in [0.3, 0.4) is 0 Å². The number of ether oxygens (including phenoxy) is 2. The number of benzene rings is 2. The summed E-state index contributed by atoms with van der Waals surface area (Å²) < 4.78 is 11.5. The number of amides is 1. The van der Waals surface area contributed by atoms with Gasteiger partial charge in [-0.1, -0.05) is 45.4 Å². The van der Waals surface area contributed by atoms with Gasteiger partial charge in [-0.25, -0.2) is 0 Å². The second kappa shape index (κ2) is 11.4. The van der Waals surface area contributed by atoms with Gasteiger partial charge < -0.3 is 14.8 Å².